The molecule has 0 spiro atoms. The van der Waals surface area contributed by atoms with Gasteiger partial charge in [-0.2, -0.15) is 0 Å². The quantitative estimate of drug-likeness (QED) is 0.182. The van der Waals surface area contributed by atoms with E-state index in [1.807, 2.05) is 109 Å². The molecule has 0 aliphatic rings. The van der Waals surface area contributed by atoms with Crippen LogP contribution >= 0.6 is 0 Å². The average molecular weight is 639 g/mol. The normalized spacial score (nSPS) is 14.4. The van der Waals surface area contributed by atoms with Gasteiger partial charge in [-0.25, -0.2) is 15.0 Å². The van der Waals surface area contributed by atoms with Crippen LogP contribution in [0.1, 0.15) is 15.1 Å². The number of nitrogens with zero attached hydrogens (tertiary/aromatic N) is 3. The molecule has 230 valence electrons. The Morgan fingerprint density at radius 2 is 1.02 bits per heavy atom. The highest BCUT2D eigenvalue weighted by molar-refractivity contribution is 6.10. The van der Waals surface area contributed by atoms with E-state index < -0.39 is 77.6 Å². The molecular weight excluding hydrogens is 599 g/mol. The van der Waals surface area contributed by atoms with E-state index in [2.05, 4.69) is 0 Å². The number of aromatic nitrogens is 3. The summed E-state index contributed by atoms with van der Waals surface area (Å²) in [5.74, 6) is 0.360. The predicted octanol–water partition coefficient (Wildman–Crippen LogP) is 11.8. The third kappa shape index (κ3) is 5.45. The Morgan fingerprint density at radius 3 is 1.78 bits per heavy atom. The van der Waals surface area contributed by atoms with E-state index in [0.717, 1.165) is 22.3 Å². The Bertz CT molecular complexity index is 3180. The van der Waals surface area contributed by atoms with Crippen molar-refractivity contribution < 1.29 is 19.5 Å². The van der Waals surface area contributed by atoms with E-state index in [1.54, 1.807) is 0 Å². The summed E-state index contributed by atoms with van der Waals surface area (Å²) in [6, 6.07) is 28.1. The predicted molar refractivity (Wildman–Crippen MR) is 200 cm³/mol. The Morgan fingerprint density at radius 1 is 0.408 bits per heavy atom. The summed E-state index contributed by atoms with van der Waals surface area (Å²) in [6.07, 6.45) is 0. The van der Waals surface area contributed by atoms with Crippen molar-refractivity contribution in [1.29, 1.82) is 0 Å². The molecule has 0 atom stereocenters. The smallest absolute Gasteiger partial charge is 0.167 e. The molecule has 0 aliphatic carbocycles. The van der Waals surface area contributed by atoms with Gasteiger partial charge in [0.1, 0.15) is 11.2 Å². The molecule has 2 aromatic heterocycles. The SMILES string of the molecule is [2H]c1c([2H])c([2H])c(-c2c([2H])c([2H])c3oc4c(-c5nc(-c6ccc(-c7ccccc7)cc6)nc(-c6cccc(-c7ccccc7)c6)n5)c([2H])c([2H])c([2H])c4c3c2[2H])c([2H])c1[2H]. The minimum absolute atomic E-state index is 0.0928. The number of rotatable bonds is 6. The van der Waals surface area contributed by atoms with Crippen molar-refractivity contribution in [2.24, 2.45) is 0 Å². The van der Waals surface area contributed by atoms with Gasteiger partial charge in [-0.15, -0.1) is 0 Å². The van der Waals surface area contributed by atoms with Gasteiger partial charge in [0.15, 0.2) is 17.5 Å². The maximum Gasteiger partial charge on any atom is 0.167 e. The molecule has 0 unspecified atom stereocenters. The molecule has 2 heterocycles. The van der Waals surface area contributed by atoms with Gasteiger partial charge in [-0.05, 0) is 57.6 Å². The van der Waals surface area contributed by atoms with Crippen LogP contribution in [0.15, 0.2) is 180 Å². The van der Waals surface area contributed by atoms with Crippen molar-refractivity contribution in [3.05, 3.63) is 176 Å². The molecular formula is C45H29N3O. The third-order valence-corrected chi connectivity index (χ3v) is 8.15. The van der Waals surface area contributed by atoms with E-state index in [-0.39, 0.29) is 45.0 Å². The number of benzene rings is 7. The largest absolute Gasteiger partial charge is 0.455 e. The maximum atomic E-state index is 9.33. The molecule has 4 heteroatoms. The zero-order valence-electron chi connectivity index (χ0n) is 36.6. The van der Waals surface area contributed by atoms with Gasteiger partial charge in [0.2, 0.25) is 0 Å². The monoisotopic (exact) mass is 638 g/mol. The van der Waals surface area contributed by atoms with Crippen LogP contribution in [0.5, 0.6) is 0 Å². The van der Waals surface area contributed by atoms with E-state index in [9.17, 15) is 2.74 Å². The minimum atomic E-state index is -0.685. The Balaban J connectivity index is 1.32. The highest BCUT2D eigenvalue weighted by Gasteiger charge is 2.18. The molecule has 9 aromatic rings. The van der Waals surface area contributed by atoms with Crippen LogP contribution < -0.4 is 0 Å². The first kappa shape index (κ1) is 19.2. The summed E-state index contributed by atoms with van der Waals surface area (Å²) in [6.45, 7) is 0. The highest BCUT2D eigenvalue weighted by Crippen LogP contribution is 2.38. The Labute approximate surface area is 299 Å². The summed E-state index contributed by atoms with van der Waals surface area (Å²) >= 11 is 0. The molecule has 0 fully saturated rings. The molecule has 9 rings (SSSR count). The lowest BCUT2D eigenvalue weighted by Crippen LogP contribution is -2.00. The lowest BCUT2D eigenvalue weighted by atomic mass is 10.0. The van der Waals surface area contributed by atoms with Crippen molar-refractivity contribution in [3.8, 4) is 67.5 Å². The van der Waals surface area contributed by atoms with Gasteiger partial charge in [-0.1, -0.05) is 151 Å². The van der Waals surface area contributed by atoms with Crippen LogP contribution in [0.25, 0.3) is 89.5 Å². The summed E-state index contributed by atoms with van der Waals surface area (Å²) in [5, 5.41) is -0.357. The molecule has 0 aliphatic heterocycles. The zero-order valence-corrected chi connectivity index (χ0v) is 25.6. The topological polar surface area (TPSA) is 51.8 Å². The van der Waals surface area contributed by atoms with Crippen molar-refractivity contribution >= 4 is 21.9 Å². The number of para-hydroxylation sites is 1. The first-order valence-electron chi connectivity index (χ1n) is 21.0. The number of furan rings is 1. The highest BCUT2D eigenvalue weighted by atomic mass is 16.3. The fourth-order valence-corrected chi connectivity index (χ4v) is 5.74. The Hall–Kier alpha value is -6.65. The van der Waals surface area contributed by atoms with Crippen LogP contribution in [0, 0.1) is 0 Å². The second kappa shape index (κ2) is 12.2. The Kier molecular flexibility index (Phi) is 4.78. The molecule has 7 aromatic carbocycles. The zero-order chi connectivity index (χ0) is 42.1. The van der Waals surface area contributed by atoms with E-state index in [0.29, 0.717) is 11.1 Å². The molecule has 0 N–H and O–H groups in total. The number of hydrogen-bond acceptors (Lipinski definition) is 4. The lowest BCUT2D eigenvalue weighted by Gasteiger charge is -2.10. The van der Waals surface area contributed by atoms with Gasteiger partial charge in [0, 0.05) is 21.9 Å². The van der Waals surface area contributed by atoms with E-state index in [1.165, 1.54) is 0 Å². The second-order valence-corrected chi connectivity index (χ2v) is 11.2. The third-order valence-electron chi connectivity index (χ3n) is 8.15. The van der Waals surface area contributed by atoms with Gasteiger partial charge in [-0.3, -0.25) is 0 Å². The first-order chi connectivity index (χ1) is 28.8. The van der Waals surface area contributed by atoms with Gasteiger partial charge in [0.25, 0.3) is 0 Å². The molecule has 0 bridgehead atoms. The molecule has 49 heavy (non-hydrogen) atoms. The summed E-state index contributed by atoms with van der Waals surface area (Å²) in [5.41, 5.74) is 3.51. The van der Waals surface area contributed by atoms with Crippen molar-refractivity contribution in [2.45, 2.75) is 0 Å². The standard InChI is InChI=1S/C45H29N3O/c1-4-12-30(13-5-1)33-22-24-34(25-23-33)43-46-44(37-19-10-18-35(28-37)31-14-6-2-7-15-31)48-45(47-43)39-21-11-20-38-40-29-36(32-16-8-3-9-17-32)26-27-41(40)49-42(38)39/h1-29H/i3D,8D,9D,11D,16D,17D,20D,21D,26D,27D,29D. The summed E-state index contributed by atoms with van der Waals surface area (Å²) in [7, 11) is 0. The molecule has 0 radical (unpaired) electrons. The van der Waals surface area contributed by atoms with E-state index in [4.69, 9.17) is 31.7 Å². The fraction of sp³-hybridized carbons (Fsp3) is 0. The van der Waals surface area contributed by atoms with Crippen molar-refractivity contribution in [3.63, 3.8) is 0 Å². The lowest BCUT2D eigenvalue weighted by molar-refractivity contribution is 0.669. The summed E-state index contributed by atoms with van der Waals surface area (Å²) < 4.78 is 102. The summed E-state index contributed by atoms with van der Waals surface area (Å²) in [4.78, 5) is 14.6. The van der Waals surface area contributed by atoms with Crippen molar-refractivity contribution in [2.75, 3.05) is 0 Å². The number of hydrogen-bond donors (Lipinski definition) is 0. The minimum Gasteiger partial charge on any atom is -0.455 e. The van der Waals surface area contributed by atoms with E-state index >= 15 is 0 Å². The molecule has 4 nitrogen and oxygen atoms in total. The van der Waals surface area contributed by atoms with Crippen LogP contribution in [0.4, 0.5) is 0 Å². The van der Waals surface area contributed by atoms with Crippen molar-refractivity contribution in [1.82, 2.24) is 15.0 Å². The van der Waals surface area contributed by atoms with Crippen LogP contribution in [-0.2, 0) is 0 Å². The van der Waals surface area contributed by atoms with Crippen LogP contribution in [0.3, 0.4) is 0 Å². The molecule has 0 saturated heterocycles. The average Bonchev–Trinajstić information content (AvgIpc) is 3.69. The maximum absolute atomic E-state index is 9.33. The van der Waals surface area contributed by atoms with Gasteiger partial charge >= 0.3 is 0 Å². The number of fused-ring (bicyclic) bond motifs is 3. The fourth-order valence-electron chi connectivity index (χ4n) is 5.74. The first-order valence-corrected chi connectivity index (χ1v) is 15.5. The molecule has 0 saturated carbocycles. The van der Waals surface area contributed by atoms with Crippen LogP contribution in [-0.4, -0.2) is 15.0 Å². The van der Waals surface area contributed by atoms with Gasteiger partial charge < -0.3 is 4.42 Å². The van der Waals surface area contributed by atoms with Crippen LogP contribution in [0.2, 0.25) is 0 Å². The second-order valence-electron chi connectivity index (χ2n) is 11.2. The van der Waals surface area contributed by atoms with Gasteiger partial charge in [0.05, 0.1) is 20.6 Å². The molecule has 0 amide bonds.